The first-order valence-corrected chi connectivity index (χ1v) is 4.07. The van der Waals surface area contributed by atoms with Crippen LogP contribution in [0.15, 0.2) is 0 Å². The number of rotatable bonds is 7. The Morgan fingerprint density at radius 3 is 2.20 bits per heavy atom. The lowest BCUT2D eigenvalue weighted by atomic mass is 10.5. The number of hydrogen-bond acceptors (Lipinski definition) is 2. The van der Waals surface area contributed by atoms with Gasteiger partial charge < -0.3 is 9.47 Å². The maximum atomic E-state index is 5.25. The van der Waals surface area contributed by atoms with Crippen LogP contribution in [0.5, 0.6) is 0 Å². The average molecular weight is 146 g/mol. The molecule has 0 saturated heterocycles. The Morgan fingerprint density at radius 1 is 0.900 bits per heavy atom. The molecule has 0 aliphatic rings. The van der Waals surface area contributed by atoms with Crippen LogP contribution < -0.4 is 0 Å². The van der Waals surface area contributed by atoms with Gasteiger partial charge in [0, 0.05) is 26.4 Å². The maximum absolute atomic E-state index is 5.25. The zero-order valence-corrected chi connectivity index (χ0v) is 7.06. The Kier molecular flexibility index (Phi) is 8.85. The topological polar surface area (TPSA) is 18.5 Å². The molecule has 2 nitrogen and oxygen atoms in total. The summed E-state index contributed by atoms with van der Waals surface area (Å²) in [6, 6.07) is 0. The van der Waals surface area contributed by atoms with Gasteiger partial charge in [0.25, 0.3) is 0 Å². The van der Waals surface area contributed by atoms with Crippen molar-refractivity contribution in [3.8, 4) is 0 Å². The van der Waals surface area contributed by atoms with Crippen molar-refractivity contribution in [3.63, 3.8) is 0 Å². The van der Waals surface area contributed by atoms with E-state index < -0.39 is 0 Å². The first-order valence-electron chi connectivity index (χ1n) is 4.07. The van der Waals surface area contributed by atoms with Crippen LogP contribution in [-0.4, -0.2) is 26.4 Å². The molecule has 0 bridgehead atoms. The largest absolute Gasteiger partial charge is 0.382 e. The fourth-order valence-corrected chi connectivity index (χ4v) is 0.654. The molecule has 0 aliphatic carbocycles. The van der Waals surface area contributed by atoms with Gasteiger partial charge in [-0.1, -0.05) is 6.92 Å². The molecule has 2 heteroatoms. The van der Waals surface area contributed by atoms with Crippen molar-refractivity contribution < 1.29 is 9.47 Å². The van der Waals surface area contributed by atoms with Crippen LogP contribution in [-0.2, 0) is 9.47 Å². The van der Waals surface area contributed by atoms with E-state index in [9.17, 15) is 0 Å². The van der Waals surface area contributed by atoms with Crippen molar-refractivity contribution in [1.29, 1.82) is 0 Å². The van der Waals surface area contributed by atoms with Crippen molar-refractivity contribution in [2.75, 3.05) is 26.4 Å². The van der Waals surface area contributed by atoms with Gasteiger partial charge in [0.15, 0.2) is 0 Å². The second-order valence-electron chi connectivity index (χ2n) is 2.16. The molecule has 0 heterocycles. The highest BCUT2D eigenvalue weighted by Gasteiger charge is 1.86. The van der Waals surface area contributed by atoms with Crippen LogP contribution in [0.3, 0.4) is 0 Å². The van der Waals surface area contributed by atoms with E-state index >= 15 is 0 Å². The summed E-state index contributed by atoms with van der Waals surface area (Å²) < 4.78 is 10.4. The minimum Gasteiger partial charge on any atom is -0.382 e. The molecule has 0 aromatic heterocycles. The summed E-state index contributed by atoms with van der Waals surface area (Å²) in [7, 11) is 0. The molecule has 10 heavy (non-hydrogen) atoms. The van der Waals surface area contributed by atoms with E-state index in [0.29, 0.717) is 0 Å². The van der Waals surface area contributed by atoms with Crippen LogP contribution in [0, 0.1) is 0 Å². The Bertz CT molecular complexity index is 47.2. The standard InChI is InChI=1S/C8H18O2/c1-3-6-10-8-5-7-9-4-2/h3-8H2,1-2H3. The number of ether oxygens (including phenoxy) is 2. The van der Waals surface area contributed by atoms with Crippen molar-refractivity contribution in [2.24, 2.45) is 0 Å². The molecule has 0 unspecified atom stereocenters. The molecule has 0 aliphatic heterocycles. The quantitative estimate of drug-likeness (QED) is 0.510. The summed E-state index contributed by atoms with van der Waals surface area (Å²) in [6.45, 7) is 7.49. The highest BCUT2D eigenvalue weighted by molar-refractivity contribution is 4.33. The molecule has 0 saturated carbocycles. The van der Waals surface area contributed by atoms with Crippen molar-refractivity contribution in [3.05, 3.63) is 0 Å². The minimum absolute atomic E-state index is 0.813. The van der Waals surface area contributed by atoms with Gasteiger partial charge >= 0.3 is 0 Å². The van der Waals surface area contributed by atoms with Crippen LogP contribution in [0.1, 0.15) is 26.7 Å². The molecule has 0 spiro atoms. The third-order valence-corrected chi connectivity index (χ3v) is 1.13. The van der Waals surface area contributed by atoms with Crippen LogP contribution >= 0.6 is 0 Å². The molecule has 0 fully saturated rings. The molecule has 0 rings (SSSR count). The van der Waals surface area contributed by atoms with Crippen LogP contribution in [0.25, 0.3) is 0 Å². The SMILES string of the molecule is CCCOCCCOCC. The third-order valence-electron chi connectivity index (χ3n) is 1.13. The Labute approximate surface area is 63.5 Å². The lowest BCUT2D eigenvalue weighted by molar-refractivity contribution is 0.0883. The van der Waals surface area contributed by atoms with E-state index in [0.717, 1.165) is 39.3 Å². The van der Waals surface area contributed by atoms with E-state index in [1.807, 2.05) is 6.92 Å². The summed E-state index contributed by atoms with van der Waals surface area (Å²) in [5.41, 5.74) is 0. The van der Waals surface area contributed by atoms with Crippen LogP contribution in [0.2, 0.25) is 0 Å². The first kappa shape index (κ1) is 9.92. The van der Waals surface area contributed by atoms with Crippen molar-refractivity contribution in [2.45, 2.75) is 26.7 Å². The lowest BCUT2D eigenvalue weighted by Crippen LogP contribution is -2.00. The van der Waals surface area contributed by atoms with Crippen molar-refractivity contribution >= 4 is 0 Å². The summed E-state index contributed by atoms with van der Waals surface area (Å²) in [5, 5.41) is 0. The molecular formula is C8H18O2. The fourth-order valence-electron chi connectivity index (χ4n) is 0.654. The van der Waals surface area contributed by atoms with Gasteiger partial charge in [-0.3, -0.25) is 0 Å². The molecule has 0 amide bonds. The molecule has 0 N–H and O–H groups in total. The summed E-state index contributed by atoms with van der Waals surface area (Å²) in [6.07, 6.45) is 2.13. The predicted molar refractivity (Wildman–Crippen MR) is 42.2 cm³/mol. The zero-order valence-electron chi connectivity index (χ0n) is 7.06. The van der Waals surface area contributed by atoms with E-state index in [4.69, 9.17) is 9.47 Å². The van der Waals surface area contributed by atoms with Gasteiger partial charge in [0.2, 0.25) is 0 Å². The van der Waals surface area contributed by atoms with Crippen LogP contribution in [0.4, 0.5) is 0 Å². The first-order chi connectivity index (χ1) is 4.91. The van der Waals surface area contributed by atoms with E-state index in [2.05, 4.69) is 6.92 Å². The van der Waals surface area contributed by atoms with Gasteiger partial charge in [-0.15, -0.1) is 0 Å². The van der Waals surface area contributed by atoms with E-state index in [1.54, 1.807) is 0 Å². The van der Waals surface area contributed by atoms with Gasteiger partial charge in [-0.05, 0) is 19.8 Å². The monoisotopic (exact) mass is 146 g/mol. The van der Waals surface area contributed by atoms with Crippen molar-refractivity contribution in [1.82, 2.24) is 0 Å². The highest BCUT2D eigenvalue weighted by Crippen LogP contribution is 1.86. The van der Waals surface area contributed by atoms with Gasteiger partial charge in [-0.2, -0.15) is 0 Å². The second-order valence-corrected chi connectivity index (χ2v) is 2.16. The van der Waals surface area contributed by atoms with E-state index in [-0.39, 0.29) is 0 Å². The third kappa shape index (κ3) is 7.92. The molecule has 62 valence electrons. The molecule has 0 radical (unpaired) electrons. The zero-order chi connectivity index (χ0) is 7.66. The predicted octanol–water partition coefficient (Wildman–Crippen LogP) is 1.84. The Morgan fingerprint density at radius 2 is 1.60 bits per heavy atom. The number of hydrogen-bond donors (Lipinski definition) is 0. The maximum Gasteiger partial charge on any atom is 0.0487 e. The molecule has 0 atom stereocenters. The molecular weight excluding hydrogens is 128 g/mol. The Balaban J connectivity index is 2.65. The smallest absolute Gasteiger partial charge is 0.0487 e. The summed E-state index contributed by atoms with van der Waals surface area (Å²) in [4.78, 5) is 0. The second kappa shape index (κ2) is 8.92. The normalized spacial score (nSPS) is 10.2. The lowest BCUT2D eigenvalue weighted by Gasteiger charge is -2.01. The minimum atomic E-state index is 0.813. The summed E-state index contributed by atoms with van der Waals surface area (Å²) >= 11 is 0. The molecule has 0 aromatic rings. The Hall–Kier alpha value is -0.0800. The van der Waals surface area contributed by atoms with Gasteiger partial charge in [0.05, 0.1) is 0 Å². The van der Waals surface area contributed by atoms with Gasteiger partial charge in [0.1, 0.15) is 0 Å². The molecule has 0 aromatic carbocycles. The van der Waals surface area contributed by atoms with Gasteiger partial charge in [-0.25, -0.2) is 0 Å². The summed E-state index contributed by atoms with van der Waals surface area (Å²) in [5.74, 6) is 0. The highest BCUT2D eigenvalue weighted by atomic mass is 16.5. The fraction of sp³-hybridized carbons (Fsp3) is 1.00. The average Bonchev–Trinajstić information content (AvgIpc) is 1.97. The van der Waals surface area contributed by atoms with E-state index in [1.165, 1.54) is 0 Å².